The van der Waals surface area contributed by atoms with Crippen molar-refractivity contribution in [2.45, 2.75) is 72.3 Å². The van der Waals surface area contributed by atoms with Gasteiger partial charge in [0.15, 0.2) is 0 Å². The van der Waals surface area contributed by atoms with E-state index in [-0.39, 0.29) is 0 Å². The molecule has 0 bridgehead atoms. The molecule has 90 valence electrons. The van der Waals surface area contributed by atoms with Crippen molar-refractivity contribution in [2.24, 2.45) is 23.0 Å². The molecule has 0 heterocycles. The normalized spacial score (nSPS) is 27.2. The first-order valence-electron chi connectivity index (χ1n) is 6.69. The fourth-order valence-electron chi connectivity index (χ4n) is 3.11. The molecule has 1 fully saturated rings. The van der Waals surface area contributed by atoms with E-state index in [9.17, 15) is 0 Å². The summed E-state index contributed by atoms with van der Waals surface area (Å²) in [6.45, 7) is 9.38. The van der Waals surface area contributed by atoms with Crippen LogP contribution in [0.5, 0.6) is 0 Å². The van der Waals surface area contributed by atoms with Crippen molar-refractivity contribution in [3.05, 3.63) is 0 Å². The van der Waals surface area contributed by atoms with E-state index in [1.54, 1.807) is 0 Å². The third-order valence-electron chi connectivity index (χ3n) is 4.18. The SMILES string of the molecule is CC(C)CCCC(N)C1CCCC1(C)C. The Morgan fingerprint density at radius 2 is 1.93 bits per heavy atom. The molecule has 2 atom stereocenters. The molecule has 0 saturated heterocycles. The lowest BCUT2D eigenvalue weighted by Crippen LogP contribution is -2.36. The summed E-state index contributed by atoms with van der Waals surface area (Å²) in [5.74, 6) is 1.60. The Balaban J connectivity index is 2.30. The first kappa shape index (κ1) is 13.0. The zero-order chi connectivity index (χ0) is 11.5. The summed E-state index contributed by atoms with van der Waals surface area (Å²) < 4.78 is 0. The van der Waals surface area contributed by atoms with Crippen LogP contribution in [0.1, 0.15) is 66.2 Å². The maximum absolute atomic E-state index is 6.34. The van der Waals surface area contributed by atoms with Crippen LogP contribution in [0.25, 0.3) is 0 Å². The zero-order valence-corrected chi connectivity index (χ0v) is 11.1. The van der Waals surface area contributed by atoms with E-state index in [0.29, 0.717) is 11.5 Å². The molecule has 1 nitrogen and oxygen atoms in total. The molecule has 1 saturated carbocycles. The quantitative estimate of drug-likeness (QED) is 0.731. The summed E-state index contributed by atoms with van der Waals surface area (Å²) >= 11 is 0. The Bertz CT molecular complexity index is 184. The molecule has 0 aromatic heterocycles. The lowest BCUT2D eigenvalue weighted by atomic mass is 9.76. The second-order valence-electron chi connectivity index (χ2n) is 6.48. The molecule has 1 aliphatic rings. The van der Waals surface area contributed by atoms with Gasteiger partial charge in [-0.2, -0.15) is 0 Å². The van der Waals surface area contributed by atoms with Crippen LogP contribution in [-0.4, -0.2) is 6.04 Å². The van der Waals surface area contributed by atoms with Crippen molar-refractivity contribution in [3.8, 4) is 0 Å². The summed E-state index contributed by atoms with van der Waals surface area (Å²) in [6.07, 6.45) is 7.99. The Hall–Kier alpha value is -0.0400. The highest BCUT2D eigenvalue weighted by Gasteiger charge is 2.37. The van der Waals surface area contributed by atoms with Gasteiger partial charge in [0, 0.05) is 6.04 Å². The minimum absolute atomic E-state index is 0.446. The Morgan fingerprint density at radius 1 is 1.27 bits per heavy atom. The molecular weight excluding hydrogens is 182 g/mol. The Kier molecular flexibility index (Phi) is 4.64. The predicted molar refractivity (Wildman–Crippen MR) is 67.8 cm³/mol. The smallest absolute Gasteiger partial charge is 0.00722 e. The second kappa shape index (κ2) is 5.34. The van der Waals surface area contributed by atoms with Gasteiger partial charge in [-0.3, -0.25) is 0 Å². The highest BCUT2D eigenvalue weighted by atomic mass is 14.7. The summed E-state index contributed by atoms with van der Waals surface area (Å²) in [4.78, 5) is 0. The van der Waals surface area contributed by atoms with E-state index in [1.165, 1.54) is 38.5 Å². The van der Waals surface area contributed by atoms with Crippen molar-refractivity contribution in [1.29, 1.82) is 0 Å². The molecule has 0 aliphatic heterocycles. The van der Waals surface area contributed by atoms with Crippen LogP contribution >= 0.6 is 0 Å². The van der Waals surface area contributed by atoms with Gasteiger partial charge in [-0.05, 0) is 36.5 Å². The van der Waals surface area contributed by atoms with E-state index in [2.05, 4.69) is 27.7 Å². The average molecular weight is 211 g/mol. The van der Waals surface area contributed by atoms with Gasteiger partial charge < -0.3 is 5.73 Å². The summed E-state index contributed by atoms with van der Waals surface area (Å²) in [7, 11) is 0. The molecule has 1 heteroatoms. The molecule has 2 unspecified atom stereocenters. The standard InChI is InChI=1S/C14H29N/c1-11(2)7-5-9-13(15)12-8-6-10-14(12,3)4/h11-13H,5-10,15H2,1-4H3. The van der Waals surface area contributed by atoms with Crippen molar-refractivity contribution in [3.63, 3.8) is 0 Å². The molecular formula is C14H29N. The Labute approximate surface area is 95.8 Å². The van der Waals surface area contributed by atoms with E-state index < -0.39 is 0 Å². The molecule has 0 radical (unpaired) electrons. The van der Waals surface area contributed by atoms with Crippen LogP contribution in [0, 0.1) is 17.3 Å². The lowest BCUT2D eigenvalue weighted by molar-refractivity contribution is 0.211. The van der Waals surface area contributed by atoms with Gasteiger partial charge >= 0.3 is 0 Å². The van der Waals surface area contributed by atoms with Gasteiger partial charge in [0.05, 0.1) is 0 Å². The highest BCUT2D eigenvalue weighted by molar-refractivity contribution is 4.90. The summed E-state index contributed by atoms with van der Waals surface area (Å²) in [5, 5.41) is 0. The fraction of sp³-hybridized carbons (Fsp3) is 1.00. The maximum Gasteiger partial charge on any atom is 0.00722 e. The van der Waals surface area contributed by atoms with Crippen LogP contribution in [-0.2, 0) is 0 Å². The minimum atomic E-state index is 0.446. The zero-order valence-electron chi connectivity index (χ0n) is 11.1. The average Bonchev–Trinajstić information content (AvgIpc) is 2.44. The topological polar surface area (TPSA) is 26.0 Å². The summed E-state index contributed by atoms with van der Waals surface area (Å²) in [6, 6.07) is 0.446. The monoisotopic (exact) mass is 211 g/mol. The highest BCUT2D eigenvalue weighted by Crippen LogP contribution is 2.44. The largest absolute Gasteiger partial charge is 0.327 e. The molecule has 0 aromatic carbocycles. The number of hydrogen-bond acceptors (Lipinski definition) is 1. The maximum atomic E-state index is 6.34. The number of nitrogens with two attached hydrogens (primary N) is 1. The molecule has 0 amide bonds. The van der Waals surface area contributed by atoms with Gasteiger partial charge in [-0.15, -0.1) is 0 Å². The van der Waals surface area contributed by atoms with E-state index in [0.717, 1.165) is 11.8 Å². The van der Waals surface area contributed by atoms with Crippen LogP contribution in [0.3, 0.4) is 0 Å². The minimum Gasteiger partial charge on any atom is -0.327 e. The van der Waals surface area contributed by atoms with Crippen molar-refractivity contribution < 1.29 is 0 Å². The van der Waals surface area contributed by atoms with E-state index in [1.807, 2.05) is 0 Å². The molecule has 0 spiro atoms. The van der Waals surface area contributed by atoms with Crippen LogP contribution in [0.2, 0.25) is 0 Å². The van der Waals surface area contributed by atoms with Gasteiger partial charge in [-0.1, -0.05) is 47.0 Å². The van der Waals surface area contributed by atoms with E-state index in [4.69, 9.17) is 5.73 Å². The molecule has 15 heavy (non-hydrogen) atoms. The van der Waals surface area contributed by atoms with Crippen molar-refractivity contribution >= 4 is 0 Å². The Morgan fingerprint density at radius 3 is 2.40 bits per heavy atom. The third-order valence-corrected chi connectivity index (χ3v) is 4.18. The second-order valence-corrected chi connectivity index (χ2v) is 6.48. The summed E-state index contributed by atoms with van der Waals surface area (Å²) in [5.41, 5.74) is 6.84. The van der Waals surface area contributed by atoms with Gasteiger partial charge in [0.25, 0.3) is 0 Å². The third kappa shape index (κ3) is 3.79. The van der Waals surface area contributed by atoms with Crippen LogP contribution < -0.4 is 5.73 Å². The van der Waals surface area contributed by atoms with Crippen molar-refractivity contribution in [2.75, 3.05) is 0 Å². The van der Waals surface area contributed by atoms with Gasteiger partial charge in [0.1, 0.15) is 0 Å². The lowest BCUT2D eigenvalue weighted by Gasteiger charge is -2.32. The van der Waals surface area contributed by atoms with Gasteiger partial charge in [-0.25, -0.2) is 0 Å². The van der Waals surface area contributed by atoms with E-state index >= 15 is 0 Å². The van der Waals surface area contributed by atoms with Crippen LogP contribution in [0.4, 0.5) is 0 Å². The van der Waals surface area contributed by atoms with Gasteiger partial charge in [0.2, 0.25) is 0 Å². The molecule has 0 aromatic rings. The first-order chi connectivity index (χ1) is 6.93. The van der Waals surface area contributed by atoms with Crippen LogP contribution in [0.15, 0.2) is 0 Å². The predicted octanol–water partition coefficient (Wildman–Crippen LogP) is 3.97. The molecule has 1 rings (SSSR count). The fourth-order valence-corrected chi connectivity index (χ4v) is 3.11. The first-order valence-corrected chi connectivity index (χ1v) is 6.69. The molecule has 2 N–H and O–H groups in total. The number of hydrogen-bond donors (Lipinski definition) is 1. The number of rotatable bonds is 5. The molecule has 1 aliphatic carbocycles. The van der Waals surface area contributed by atoms with Crippen molar-refractivity contribution in [1.82, 2.24) is 0 Å².